The number of nitrogens with two attached hydrogens (primary N) is 1. The third-order valence-corrected chi connectivity index (χ3v) is 5.59. The minimum Gasteiger partial charge on any atom is -0.494 e. The van der Waals surface area contributed by atoms with Gasteiger partial charge in [0.1, 0.15) is 17.8 Å². The van der Waals surface area contributed by atoms with Gasteiger partial charge < -0.3 is 19.8 Å². The maximum atomic E-state index is 13.6. The standard InChI is InChI=1S/C19H29BClFN2O5.ClH/c1-6-16(25)24-27-17(23)13(20-28-18(2,3)19(4,5)29-20)9-10-26-12-7-8-14(21)15(22)11-12;/h7-8,11,13,17H,6,9-10,23H2,1-5H3,(H,24,25);1H/t13-,17-;/m1./s1. The first-order chi connectivity index (χ1) is 13.5. The smallest absolute Gasteiger partial charge is 0.465 e. The Morgan fingerprint density at radius 3 is 2.43 bits per heavy atom. The van der Waals surface area contributed by atoms with E-state index in [-0.39, 0.29) is 36.4 Å². The summed E-state index contributed by atoms with van der Waals surface area (Å²) in [5.41, 5.74) is 7.38. The highest BCUT2D eigenvalue weighted by atomic mass is 35.5. The van der Waals surface area contributed by atoms with E-state index in [0.717, 1.165) is 0 Å². The highest BCUT2D eigenvalue weighted by Gasteiger charge is 2.55. The molecule has 2 rings (SSSR count). The molecular formula is C19H30BCl2FN2O5. The lowest BCUT2D eigenvalue weighted by molar-refractivity contribution is -0.138. The summed E-state index contributed by atoms with van der Waals surface area (Å²) in [5.74, 6) is -0.964. The van der Waals surface area contributed by atoms with Gasteiger partial charge in [-0.15, -0.1) is 12.4 Å². The van der Waals surface area contributed by atoms with Crippen LogP contribution in [0.5, 0.6) is 5.75 Å². The summed E-state index contributed by atoms with van der Waals surface area (Å²) < 4.78 is 31.4. The summed E-state index contributed by atoms with van der Waals surface area (Å²) in [6.07, 6.45) is -0.255. The van der Waals surface area contributed by atoms with Crippen molar-refractivity contribution >= 4 is 37.0 Å². The molecule has 7 nitrogen and oxygen atoms in total. The van der Waals surface area contributed by atoms with Gasteiger partial charge in [-0.05, 0) is 46.2 Å². The van der Waals surface area contributed by atoms with Crippen molar-refractivity contribution in [2.75, 3.05) is 6.61 Å². The van der Waals surface area contributed by atoms with Crippen LogP contribution in [0.15, 0.2) is 18.2 Å². The molecule has 0 radical (unpaired) electrons. The van der Waals surface area contributed by atoms with Crippen molar-refractivity contribution in [1.82, 2.24) is 5.48 Å². The summed E-state index contributed by atoms with van der Waals surface area (Å²) in [7, 11) is -0.668. The first kappa shape index (κ1) is 26.9. The number of halogens is 3. The average Bonchev–Trinajstić information content (AvgIpc) is 2.86. The molecule has 0 spiro atoms. The van der Waals surface area contributed by atoms with E-state index in [1.165, 1.54) is 12.1 Å². The first-order valence-corrected chi connectivity index (χ1v) is 9.98. The predicted octanol–water partition coefficient (Wildman–Crippen LogP) is 3.87. The Hall–Kier alpha value is -1.10. The fraction of sp³-hybridized carbons (Fsp3) is 0.632. The second kappa shape index (κ2) is 11.0. The third-order valence-electron chi connectivity index (χ3n) is 5.28. The predicted molar refractivity (Wildman–Crippen MR) is 116 cm³/mol. The van der Waals surface area contributed by atoms with Crippen molar-refractivity contribution < 1.29 is 28.1 Å². The topological polar surface area (TPSA) is 92.0 Å². The van der Waals surface area contributed by atoms with E-state index < -0.39 is 36.2 Å². The van der Waals surface area contributed by atoms with Gasteiger partial charge in [-0.25, -0.2) is 9.87 Å². The molecule has 1 aliphatic heterocycles. The van der Waals surface area contributed by atoms with Gasteiger partial charge in [0.25, 0.3) is 0 Å². The lowest BCUT2D eigenvalue weighted by Crippen LogP contribution is -2.44. The number of hydrogen-bond donors (Lipinski definition) is 2. The fourth-order valence-electron chi connectivity index (χ4n) is 2.69. The van der Waals surface area contributed by atoms with Gasteiger partial charge in [0, 0.05) is 18.3 Å². The molecule has 0 unspecified atom stereocenters. The van der Waals surface area contributed by atoms with Crippen molar-refractivity contribution in [2.24, 2.45) is 5.73 Å². The minimum atomic E-state index is -0.897. The van der Waals surface area contributed by atoms with Crippen LogP contribution in [-0.2, 0) is 18.9 Å². The molecule has 1 fully saturated rings. The lowest BCUT2D eigenvalue weighted by Gasteiger charge is -2.32. The number of hydroxylamine groups is 1. The Kier molecular flexibility index (Phi) is 9.85. The maximum Gasteiger partial charge on any atom is 0.465 e. The normalized spacial score (nSPS) is 19.0. The van der Waals surface area contributed by atoms with Crippen LogP contribution in [0, 0.1) is 5.82 Å². The Morgan fingerprint density at radius 1 is 1.30 bits per heavy atom. The summed E-state index contributed by atoms with van der Waals surface area (Å²) in [6.45, 7) is 9.64. The maximum absolute atomic E-state index is 13.6. The molecule has 11 heteroatoms. The van der Waals surface area contributed by atoms with Crippen molar-refractivity contribution in [2.45, 2.75) is 70.7 Å². The van der Waals surface area contributed by atoms with Crippen LogP contribution in [0.25, 0.3) is 0 Å². The van der Waals surface area contributed by atoms with E-state index in [1.807, 2.05) is 27.7 Å². The molecule has 1 saturated heterocycles. The summed E-state index contributed by atoms with van der Waals surface area (Å²) in [4.78, 5) is 16.8. The minimum absolute atomic E-state index is 0. The van der Waals surface area contributed by atoms with Crippen LogP contribution >= 0.6 is 24.0 Å². The van der Waals surface area contributed by atoms with Gasteiger partial charge in [0.15, 0.2) is 0 Å². The van der Waals surface area contributed by atoms with Gasteiger partial charge in [-0.1, -0.05) is 18.5 Å². The van der Waals surface area contributed by atoms with Crippen molar-refractivity contribution in [3.8, 4) is 5.75 Å². The number of nitrogens with one attached hydrogen (secondary N) is 1. The van der Waals surface area contributed by atoms with E-state index in [2.05, 4.69) is 5.48 Å². The molecule has 1 aromatic rings. The van der Waals surface area contributed by atoms with Crippen LogP contribution < -0.4 is 16.0 Å². The fourth-order valence-corrected chi connectivity index (χ4v) is 2.81. The molecule has 1 aliphatic rings. The van der Waals surface area contributed by atoms with Crippen molar-refractivity contribution in [3.05, 3.63) is 29.0 Å². The average molecular weight is 467 g/mol. The Labute approximate surface area is 188 Å². The van der Waals surface area contributed by atoms with Crippen LogP contribution in [0.4, 0.5) is 4.39 Å². The molecule has 0 aliphatic carbocycles. The number of carbonyl (C=O) groups excluding carboxylic acids is 1. The molecule has 30 heavy (non-hydrogen) atoms. The zero-order valence-corrected chi connectivity index (χ0v) is 19.4. The number of ether oxygens (including phenoxy) is 1. The van der Waals surface area contributed by atoms with Crippen LogP contribution in [0.3, 0.4) is 0 Å². The number of amides is 1. The third kappa shape index (κ3) is 6.70. The zero-order valence-electron chi connectivity index (χ0n) is 17.9. The highest BCUT2D eigenvalue weighted by Crippen LogP contribution is 2.41. The molecule has 1 heterocycles. The van der Waals surface area contributed by atoms with Crippen LogP contribution in [0.2, 0.25) is 10.8 Å². The molecule has 1 amide bonds. The van der Waals surface area contributed by atoms with Crippen LogP contribution in [0.1, 0.15) is 47.5 Å². The van der Waals surface area contributed by atoms with Gasteiger partial charge in [-0.2, -0.15) is 0 Å². The largest absolute Gasteiger partial charge is 0.494 e. The van der Waals surface area contributed by atoms with Gasteiger partial charge in [-0.3, -0.25) is 9.63 Å². The van der Waals surface area contributed by atoms with E-state index in [0.29, 0.717) is 12.2 Å². The van der Waals surface area contributed by atoms with Gasteiger partial charge >= 0.3 is 7.12 Å². The molecular weight excluding hydrogens is 437 g/mol. The molecule has 170 valence electrons. The molecule has 1 aromatic carbocycles. The monoisotopic (exact) mass is 466 g/mol. The number of rotatable bonds is 9. The quantitative estimate of drug-likeness (QED) is 0.326. The highest BCUT2D eigenvalue weighted by molar-refractivity contribution is 6.47. The number of hydrogen-bond acceptors (Lipinski definition) is 6. The first-order valence-electron chi connectivity index (χ1n) is 9.60. The van der Waals surface area contributed by atoms with Crippen molar-refractivity contribution in [3.63, 3.8) is 0 Å². The van der Waals surface area contributed by atoms with Gasteiger partial charge in [0.2, 0.25) is 5.91 Å². The second-order valence-corrected chi connectivity index (χ2v) is 8.37. The van der Waals surface area contributed by atoms with Gasteiger partial charge in [0.05, 0.1) is 22.8 Å². The lowest BCUT2D eigenvalue weighted by atomic mass is 9.69. The second-order valence-electron chi connectivity index (χ2n) is 7.96. The molecule has 0 bridgehead atoms. The van der Waals surface area contributed by atoms with Crippen molar-refractivity contribution in [1.29, 1.82) is 0 Å². The van der Waals surface area contributed by atoms with E-state index in [1.54, 1.807) is 13.0 Å². The SMILES string of the molecule is CCC(=O)NO[C@@H](N)[C@@H](CCOc1ccc(Cl)c(F)c1)B1OC(C)(C)C(C)(C)O1.Cl. The Bertz CT molecular complexity index is 710. The Balaban J connectivity index is 0.00000450. The van der Waals surface area contributed by atoms with Crippen LogP contribution in [-0.4, -0.2) is 37.1 Å². The number of carbonyl (C=O) groups is 1. The summed E-state index contributed by atoms with van der Waals surface area (Å²) in [5, 5.41) is 0.0227. The summed E-state index contributed by atoms with van der Waals surface area (Å²) >= 11 is 5.69. The number of benzene rings is 1. The van der Waals surface area contributed by atoms with E-state index in [4.69, 9.17) is 36.2 Å². The zero-order chi connectivity index (χ0) is 21.8. The Morgan fingerprint density at radius 2 is 1.90 bits per heavy atom. The molecule has 0 aromatic heterocycles. The molecule has 3 N–H and O–H groups in total. The molecule has 0 saturated carbocycles. The summed E-state index contributed by atoms with van der Waals surface area (Å²) in [6, 6.07) is 4.21. The van der Waals surface area contributed by atoms with E-state index in [9.17, 15) is 9.18 Å². The molecule has 2 atom stereocenters. The van der Waals surface area contributed by atoms with E-state index >= 15 is 0 Å².